The minimum absolute atomic E-state index is 0.0416. The van der Waals surface area contributed by atoms with Crippen molar-refractivity contribution in [2.24, 2.45) is 0 Å². The van der Waals surface area contributed by atoms with Crippen LogP contribution in [0.5, 0.6) is 5.75 Å². The molecule has 0 aliphatic carbocycles. The third-order valence-electron chi connectivity index (χ3n) is 4.24. The lowest BCUT2D eigenvalue weighted by Gasteiger charge is -2.25. The topological polar surface area (TPSA) is 53.0 Å². The van der Waals surface area contributed by atoms with Gasteiger partial charge in [0, 0.05) is 20.1 Å². The molecule has 0 bridgehead atoms. The molecule has 5 nitrogen and oxygen atoms in total. The zero-order valence-corrected chi connectivity index (χ0v) is 20.0. The molecule has 1 N–H and O–H groups in total. The Morgan fingerprint density at radius 2 is 1.53 bits per heavy atom. The lowest BCUT2D eigenvalue weighted by atomic mass is 10.0. The zero-order chi connectivity index (χ0) is 23.1. The maximum absolute atomic E-state index is 12.6. The Morgan fingerprint density at radius 3 is 2.03 bits per heavy atom. The molecule has 0 aliphatic rings. The highest BCUT2D eigenvalue weighted by Crippen LogP contribution is 2.19. The first-order valence-corrected chi connectivity index (χ1v) is 10.8. The molecule has 2 rings (SSSR count). The van der Waals surface area contributed by atoms with Gasteiger partial charge in [-0.1, -0.05) is 77.9 Å². The van der Waals surface area contributed by atoms with Gasteiger partial charge in [0.2, 0.25) is 5.91 Å². The van der Waals surface area contributed by atoms with E-state index >= 15 is 0 Å². The summed E-state index contributed by atoms with van der Waals surface area (Å²) in [6.45, 7) is 13.2. The van der Waals surface area contributed by atoms with E-state index in [1.54, 1.807) is 12.0 Å². The Hall–Kier alpha value is -2.37. The SMILES string of the molecule is CC.CC.COc1ccc(CN(Cc2cccc(C(C)C)c2)C(=O)CN(C)O)cc1. The highest BCUT2D eigenvalue weighted by atomic mass is 16.5. The number of hydrogen-bond donors (Lipinski definition) is 1. The zero-order valence-electron chi connectivity index (χ0n) is 20.0. The predicted molar refractivity (Wildman–Crippen MR) is 125 cm³/mol. The van der Waals surface area contributed by atoms with E-state index in [1.165, 1.54) is 12.6 Å². The third-order valence-corrected chi connectivity index (χ3v) is 4.24. The first-order valence-electron chi connectivity index (χ1n) is 10.8. The summed E-state index contributed by atoms with van der Waals surface area (Å²) < 4.78 is 5.19. The second-order valence-corrected chi connectivity index (χ2v) is 6.81. The molecule has 0 spiro atoms. The number of benzene rings is 2. The molecule has 0 atom stereocenters. The van der Waals surface area contributed by atoms with Gasteiger partial charge in [0.25, 0.3) is 0 Å². The molecule has 0 unspecified atom stereocenters. The normalized spacial score (nSPS) is 9.97. The lowest BCUT2D eigenvalue weighted by Crippen LogP contribution is -2.37. The summed E-state index contributed by atoms with van der Waals surface area (Å²) in [6.07, 6.45) is 0. The van der Waals surface area contributed by atoms with E-state index in [2.05, 4.69) is 26.0 Å². The number of likely N-dealkylation sites (N-methyl/N-ethyl adjacent to an activating group) is 1. The average Bonchev–Trinajstić information content (AvgIpc) is 2.76. The van der Waals surface area contributed by atoms with Crippen LogP contribution in [0, 0.1) is 0 Å². The van der Waals surface area contributed by atoms with Crippen molar-refractivity contribution in [3.63, 3.8) is 0 Å². The minimum atomic E-state index is -0.124. The van der Waals surface area contributed by atoms with Crippen LogP contribution in [0.3, 0.4) is 0 Å². The Morgan fingerprint density at radius 1 is 0.967 bits per heavy atom. The fourth-order valence-electron chi connectivity index (χ4n) is 2.75. The van der Waals surface area contributed by atoms with Crippen molar-refractivity contribution >= 4 is 5.91 Å². The molecule has 168 valence electrons. The molecular weight excluding hydrogens is 376 g/mol. The number of hydroxylamine groups is 2. The summed E-state index contributed by atoms with van der Waals surface area (Å²) >= 11 is 0. The van der Waals surface area contributed by atoms with Crippen molar-refractivity contribution in [3.05, 3.63) is 65.2 Å². The van der Waals surface area contributed by atoms with E-state index in [0.29, 0.717) is 19.0 Å². The summed E-state index contributed by atoms with van der Waals surface area (Å²) in [4.78, 5) is 14.4. The average molecular weight is 417 g/mol. The molecule has 0 aliphatic heterocycles. The Balaban J connectivity index is 0.00000198. The second-order valence-electron chi connectivity index (χ2n) is 6.81. The number of hydrogen-bond acceptors (Lipinski definition) is 4. The van der Waals surface area contributed by atoms with Gasteiger partial charge in [0.1, 0.15) is 12.3 Å². The third kappa shape index (κ3) is 9.90. The Kier molecular flexibility index (Phi) is 14.2. The van der Waals surface area contributed by atoms with Gasteiger partial charge in [0.15, 0.2) is 0 Å². The molecule has 0 saturated heterocycles. The number of ether oxygens (including phenoxy) is 1. The highest BCUT2D eigenvalue weighted by molar-refractivity contribution is 5.78. The van der Waals surface area contributed by atoms with Gasteiger partial charge in [-0.3, -0.25) is 4.79 Å². The Labute approximate surface area is 183 Å². The van der Waals surface area contributed by atoms with Gasteiger partial charge in [0.05, 0.1) is 7.11 Å². The molecular formula is C25H40N2O3. The molecule has 0 fully saturated rings. The van der Waals surface area contributed by atoms with E-state index in [9.17, 15) is 10.0 Å². The standard InChI is InChI=1S/C21H28N2O3.2C2H6/c1-16(2)19-7-5-6-18(12-19)14-23(21(24)15-22(3)25)13-17-8-10-20(26-4)11-9-17;2*1-2/h5-12,16,25H,13-15H2,1-4H3;2*1-2H3. The molecule has 5 heteroatoms. The first-order chi connectivity index (χ1) is 14.4. The van der Waals surface area contributed by atoms with Crippen LogP contribution in [0.4, 0.5) is 0 Å². The molecule has 1 amide bonds. The fourth-order valence-corrected chi connectivity index (χ4v) is 2.75. The highest BCUT2D eigenvalue weighted by Gasteiger charge is 2.16. The number of nitrogens with zero attached hydrogens (tertiary/aromatic N) is 2. The van der Waals surface area contributed by atoms with Crippen molar-refractivity contribution in [2.75, 3.05) is 20.7 Å². The predicted octanol–water partition coefficient (Wildman–Crippen LogP) is 5.72. The first kappa shape index (κ1) is 27.6. The van der Waals surface area contributed by atoms with Crippen LogP contribution in [0.2, 0.25) is 0 Å². The molecule has 0 radical (unpaired) electrons. The number of methoxy groups -OCH3 is 1. The van der Waals surface area contributed by atoms with Crippen LogP contribution in [0.25, 0.3) is 0 Å². The van der Waals surface area contributed by atoms with Gasteiger partial charge in [-0.15, -0.1) is 0 Å². The number of carbonyl (C=O) groups is 1. The van der Waals surface area contributed by atoms with Gasteiger partial charge < -0.3 is 14.8 Å². The lowest BCUT2D eigenvalue weighted by molar-refractivity contribution is -0.144. The Bertz CT molecular complexity index is 713. The number of amides is 1. The van der Waals surface area contributed by atoms with E-state index < -0.39 is 0 Å². The number of carbonyl (C=O) groups excluding carboxylic acids is 1. The van der Waals surface area contributed by atoms with Crippen LogP contribution in [-0.4, -0.2) is 41.8 Å². The van der Waals surface area contributed by atoms with Gasteiger partial charge in [-0.05, 0) is 34.7 Å². The van der Waals surface area contributed by atoms with E-state index in [-0.39, 0.29) is 12.5 Å². The summed E-state index contributed by atoms with van der Waals surface area (Å²) in [5, 5.41) is 10.4. The summed E-state index contributed by atoms with van der Waals surface area (Å²) in [6, 6.07) is 16.0. The maximum atomic E-state index is 12.6. The van der Waals surface area contributed by atoms with Gasteiger partial charge >= 0.3 is 0 Å². The van der Waals surface area contributed by atoms with Crippen LogP contribution >= 0.6 is 0 Å². The van der Waals surface area contributed by atoms with E-state index in [1.807, 2.05) is 64.1 Å². The second kappa shape index (κ2) is 15.5. The molecule has 2 aromatic carbocycles. The van der Waals surface area contributed by atoms with Crippen molar-refractivity contribution in [3.8, 4) is 5.75 Å². The smallest absolute Gasteiger partial charge is 0.239 e. The molecule has 0 aromatic heterocycles. The van der Waals surface area contributed by atoms with Crippen molar-refractivity contribution < 1.29 is 14.7 Å². The fraction of sp³-hybridized carbons (Fsp3) is 0.480. The van der Waals surface area contributed by atoms with Crippen molar-refractivity contribution in [1.29, 1.82) is 0 Å². The summed E-state index contributed by atoms with van der Waals surface area (Å²) in [7, 11) is 3.10. The van der Waals surface area contributed by atoms with Crippen LogP contribution in [0.15, 0.2) is 48.5 Å². The molecule has 2 aromatic rings. The van der Waals surface area contributed by atoms with Crippen LogP contribution in [-0.2, 0) is 17.9 Å². The van der Waals surface area contributed by atoms with E-state index in [0.717, 1.165) is 21.9 Å². The van der Waals surface area contributed by atoms with Crippen molar-refractivity contribution in [1.82, 2.24) is 9.96 Å². The maximum Gasteiger partial charge on any atom is 0.239 e. The minimum Gasteiger partial charge on any atom is -0.497 e. The quantitative estimate of drug-likeness (QED) is 0.559. The summed E-state index contributed by atoms with van der Waals surface area (Å²) in [5.74, 6) is 1.09. The van der Waals surface area contributed by atoms with E-state index in [4.69, 9.17) is 4.74 Å². The number of rotatable bonds is 8. The van der Waals surface area contributed by atoms with Crippen LogP contribution < -0.4 is 4.74 Å². The largest absolute Gasteiger partial charge is 0.497 e. The van der Waals surface area contributed by atoms with Gasteiger partial charge in [-0.2, -0.15) is 5.06 Å². The monoisotopic (exact) mass is 416 g/mol. The van der Waals surface area contributed by atoms with Crippen molar-refractivity contribution in [2.45, 2.75) is 60.5 Å². The molecule has 0 heterocycles. The van der Waals surface area contributed by atoms with Gasteiger partial charge in [-0.25, -0.2) is 0 Å². The molecule has 0 saturated carbocycles. The molecule has 30 heavy (non-hydrogen) atoms. The van der Waals surface area contributed by atoms with Crippen LogP contribution in [0.1, 0.15) is 64.2 Å². The summed E-state index contributed by atoms with van der Waals surface area (Å²) in [5.41, 5.74) is 3.34.